The van der Waals surface area contributed by atoms with Crippen LogP contribution in [-0.4, -0.2) is 49.6 Å². The minimum Gasteiger partial charge on any atom is -0.441 e. The van der Waals surface area contributed by atoms with Gasteiger partial charge in [0.1, 0.15) is 12.2 Å². The number of benzene rings is 1. The molecule has 1 aliphatic carbocycles. The average molecular weight is 374 g/mol. The van der Waals surface area contributed by atoms with Gasteiger partial charge in [-0.15, -0.1) is 0 Å². The van der Waals surface area contributed by atoms with Crippen molar-refractivity contribution in [2.75, 3.05) is 18.5 Å². The molecule has 0 bridgehead atoms. The minimum absolute atomic E-state index is 0.0961. The van der Waals surface area contributed by atoms with Crippen molar-refractivity contribution in [1.82, 2.24) is 5.32 Å². The first-order chi connectivity index (χ1) is 13.2. The first-order valence-corrected chi connectivity index (χ1v) is 9.77. The van der Waals surface area contributed by atoms with Crippen LogP contribution in [0.3, 0.4) is 0 Å². The van der Waals surface area contributed by atoms with E-state index < -0.39 is 12.2 Å². The SMILES string of the molecule is O=C(Nc1ccccc1)OC1COC2C(NC(=O)C3CCCCC3)COC12. The average Bonchev–Trinajstić information content (AvgIpc) is 3.27. The summed E-state index contributed by atoms with van der Waals surface area (Å²) in [5.41, 5.74) is 0.669. The Kier molecular flexibility index (Phi) is 5.59. The number of nitrogens with one attached hydrogen (secondary N) is 2. The van der Waals surface area contributed by atoms with Gasteiger partial charge in [0.15, 0.2) is 6.10 Å². The maximum atomic E-state index is 12.5. The summed E-state index contributed by atoms with van der Waals surface area (Å²) in [6.07, 6.45) is 3.75. The standard InChI is InChI=1S/C20H26N2O5/c23-19(13-7-3-1-4-8-13)22-15-11-25-18-16(12-26-17(15)18)27-20(24)21-14-9-5-2-6-10-14/h2,5-6,9-10,13,15-18H,1,3-4,7-8,11-12H2,(H,21,24)(H,22,23). The molecule has 4 atom stereocenters. The smallest absolute Gasteiger partial charge is 0.412 e. The Bertz CT molecular complexity index is 662. The molecule has 3 aliphatic rings. The van der Waals surface area contributed by atoms with Gasteiger partial charge in [-0.3, -0.25) is 10.1 Å². The zero-order valence-electron chi connectivity index (χ0n) is 15.3. The van der Waals surface area contributed by atoms with Crippen LogP contribution in [0.25, 0.3) is 0 Å². The molecule has 0 aromatic heterocycles. The number of amides is 2. The van der Waals surface area contributed by atoms with E-state index in [1.54, 1.807) is 12.1 Å². The molecule has 1 saturated carbocycles. The number of hydrogen-bond acceptors (Lipinski definition) is 5. The topological polar surface area (TPSA) is 85.9 Å². The number of fused-ring (bicyclic) bond motifs is 1. The Morgan fingerprint density at radius 2 is 1.70 bits per heavy atom. The van der Waals surface area contributed by atoms with E-state index in [4.69, 9.17) is 14.2 Å². The third-order valence-corrected chi connectivity index (χ3v) is 5.59. The fourth-order valence-electron chi connectivity index (χ4n) is 4.16. The van der Waals surface area contributed by atoms with E-state index in [9.17, 15) is 9.59 Å². The molecule has 0 spiro atoms. The number of carbonyl (C=O) groups is 2. The predicted molar refractivity (Wildman–Crippen MR) is 98.3 cm³/mol. The first kappa shape index (κ1) is 18.3. The Labute approximate surface area is 158 Å². The molecule has 4 rings (SSSR count). The van der Waals surface area contributed by atoms with Gasteiger partial charge in [0.2, 0.25) is 5.91 Å². The summed E-state index contributed by atoms with van der Waals surface area (Å²) >= 11 is 0. The van der Waals surface area contributed by atoms with E-state index in [1.807, 2.05) is 18.2 Å². The molecular weight excluding hydrogens is 348 g/mol. The number of hydrogen-bond donors (Lipinski definition) is 2. The zero-order valence-corrected chi connectivity index (χ0v) is 15.3. The summed E-state index contributed by atoms with van der Waals surface area (Å²) in [4.78, 5) is 24.6. The van der Waals surface area contributed by atoms with Gasteiger partial charge in [-0.05, 0) is 25.0 Å². The number of anilines is 1. The molecule has 2 amide bonds. The highest BCUT2D eigenvalue weighted by molar-refractivity contribution is 5.84. The van der Waals surface area contributed by atoms with Crippen molar-refractivity contribution in [3.63, 3.8) is 0 Å². The van der Waals surface area contributed by atoms with Crippen molar-refractivity contribution in [2.24, 2.45) is 5.92 Å². The van der Waals surface area contributed by atoms with Gasteiger partial charge < -0.3 is 19.5 Å². The van der Waals surface area contributed by atoms with Gasteiger partial charge in [-0.1, -0.05) is 37.5 Å². The molecule has 2 saturated heterocycles. The Morgan fingerprint density at radius 1 is 0.963 bits per heavy atom. The van der Waals surface area contributed by atoms with Crippen LogP contribution in [0.15, 0.2) is 30.3 Å². The van der Waals surface area contributed by atoms with E-state index in [0.29, 0.717) is 12.3 Å². The number of carbonyl (C=O) groups excluding carboxylic acids is 2. The lowest BCUT2D eigenvalue weighted by Gasteiger charge is -2.24. The van der Waals surface area contributed by atoms with Crippen molar-refractivity contribution in [3.05, 3.63) is 30.3 Å². The molecule has 7 nitrogen and oxygen atoms in total. The molecule has 1 aromatic rings. The Morgan fingerprint density at radius 3 is 2.48 bits per heavy atom. The summed E-state index contributed by atoms with van der Waals surface area (Å²) in [6.45, 7) is 0.654. The highest BCUT2D eigenvalue weighted by Gasteiger charge is 2.50. The lowest BCUT2D eigenvalue weighted by atomic mass is 9.88. The molecule has 3 fully saturated rings. The highest BCUT2D eigenvalue weighted by Crippen LogP contribution is 2.30. The van der Waals surface area contributed by atoms with Gasteiger partial charge in [-0.25, -0.2) is 4.79 Å². The van der Waals surface area contributed by atoms with Crippen LogP contribution in [0.5, 0.6) is 0 Å². The molecule has 27 heavy (non-hydrogen) atoms. The van der Waals surface area contributed by atoms with E-state index in [2.05, 4.69) is 10.6 Å². The van der Waals surface area contributed by atoms with Crippen molar-refractivity contribution in [1.29, 1.82) is 0 Å². The second-order valence-electron chi connectivity index (χ2n) is 7.48. The fraction of sp³-hybridized carbons (Fsp3) is 0.600. The van der Waals surface area contributed by atoms with Crippen LogP contribution in [0.2, 0.25) is 0 Å². The molecular formula is C20H26N2O5. The predicted octanol–water partition coefficient (Wildman–Crippen LogP) is 2.47. The summed E-state index contributed by atoms with van der Waals surface area (Å²) in [6, 6.07) is 8.94. The molecule has 1 aromatic carbocycles. The molecule has 0 radical (unpaired) electrons. The van der Waals surface area contributed by atoms with E-state index in [-0.39, 0.29) is 36.7 Å². The van der Waals surface area contributed by atoms with E-state index >= 15 is 0 Å². The molecule has 2 N–H and O–H groups in total. The third-order valence-electron chi connectivity index (χ3n) is 5.59. The van der Waals surface area contributed by atoms with Crippen LogP contribution in [0, 0.1) is 5.92 Å². The summed E-state index contributed by atoms with van der Waals surface area (Å²) in [5.74, 6) is 0.196. The van der Waals surface area contributed by atoms with Crippen LogP contribution < -0.4 is 10.6 Å². The van der Waals surface area contributed by atoms with E-state index in [0.717, 1.165) is 25.7 Å². The van der Waals surface area contributed by atoms with Crippen LogP contribution in [0.1, 0.15) is 32.1 Å². The van der Waals surface area contributed by atoms with Crippen LogP contribution in [-0.2, 0) is 19.0 Å². The fourth-order valence-corrected chi connectivity index (χ4v) is 4.16. The van der Waals surface area contributed by atoms with Crippen LogP contribution in [0.4, 0.5) is 10.5 Å². The summed E-state index contributed by atoms with van der Waals surface area (Å²) in [5, 5.41) is 5.78. The van der Waals surface area contributed by atoms with E-state index in [1.165, 1.54) is 6.42 Å². The molecule has 4 unspecified atom stereocenters. The largest absolute Gasteiger partial charge is 0.441 e. The quantitative estimate of drug-likeness (QED) is 0.846. The Hall–Kier alpha value is -2.12. The normalized spacial score (nSPS) is 30.5. The lowest BCUT2D eigenvalue weighted by molar-refractivity contribution is -0.127. The Balaban J connectivity index is 1.28. The number of rotatable bonds is 4. The number of para-hydroxylation sites is 1. The third kappa shape index (κ3) is 4.25. The maximum absolute atomic E-state index is 12.5. The highest BCUT2D eigenvalue weighted by atomic mass is 16.6. The van der Waals surface area contributed by atoms with Crippen LogP contribution >= 0.6 is 0 Å². The molecule has 2 aliphatic heterocycles. The van der Waals surface area contributed by atoms with Crippen molar-refractivity contribution in [3.8, 4) is 0 Å². The van der Waals surface area contributed by atoms with Gasteiger partial charge in [0.25, 0.3) is 0 Å². The minimum atomic E-state index is -0.534. The molecule has 146 valence electrons. The van der Waals surface area contributed by atoms with Crippen molar-refractivity contribution < 1.29 is 23.8 Å². The maximum Gasteiger partial charge on any atom is 0.412 e. The second-order valence-corrected chi connectivity index (χ2v) is 7.48. The monoisotopic (exact) mass is 374 g/mol. The van der Waals surface area contributed by atoms with Gasteiger partial charge >= 0.3 is 6.09 Å². The van der Waals surface area contributed by atoms with Crippen molar-refractivity contribution >= 4 is 17.7 Å². The second kappa shape index (κ2) is 8.27. The summed E-state index contributed by atoms with van der Waals surface area (Å²) < 4.78 is 17.1. The molecule has 2 heterocycles. The first-order valence-electron chi connectivity index (χ1n) is 9.77. The van der Waals surface area contributed by atoms with Gasteiger partial charge in [-0.2, -0.15) is 0 Å². The zero-order chi connectivity index (χ0) is 18.6. The lowest BCUT2D eigenvalue weighted by Crippen LogP contribution is -2.46. The molecule has 7 heteroatoms. The number of ether oxygens (including phenoxy) is 3. The van der Waals surface area contributed by atoms with Gasteiger partial charge in [0, 0.05) is 11.6 Å². The van der Waals surface area contributed by atoms with Crippen molar-refractivity contribution in [2.45, 2.75) is 56.5 Å². The summed E-state index contributed by atoms with van der Waals surface area (Å²) in [7, 11) is 0. The van der Waals surface area contributed by atoms with Gasteiger partial charge in [0.05, 0.1) is 19.3 Å².